The molecule has 0 aliphatic carbocycles. The van der Waals surface area contributed by atoms with Crippen molar-refractivity contribution in [1.82, 2.24) is 5.06 Å². The lowest BCUT2D eigenvalue weighted by molar-refractivity contribution is -0.172. The summed E-state index contributed by atoms with van der Waals surface area (Å²) in [5.74, 6) is -4.40. The number of alkyl halides is 3. The number of nitrogens with zero attached hydrogens (tertiary/aromatic N) is 1. The molecule has 0 bridgehead atoms. The summed E-state index contributed by atoms with van der Waals surface area (Å²) in [4.78, 5) is 40.2. The smallest absolute Gasteiger partial charge is 0.329 e. The summed E-state index contributed by atoms with van der Waals surface area (Å²) < 4.78 is 36.2. The molecule has 1 aliphatic rings. The highest BCUT2D eigenvalue weighted by Gasteiger charge is 2.39. The summed E-state index contributed by atoms with van der Waals surface area (Å²) in [7, 11) is 0. The van der Waals surface area contributed by atoms with E-state index in [1.807, 2.05) is 0 Å². The molecule has 1 atom stereocenters. The van der Waals surface area contributed by atoms with E-state index in [1.165, 1.54) is 31.2 Å². The van der Waals surface area contributed by atoms with E-state index < -0.39 is 35.0 Å². The van der Waals surface area contributed by atoms with E-state index in [2.05, 4.69) is 4.84 Å². The molecular formula is C13H10F3NO4S. The van der Waals surface area contributed by atoms with E-state index in [-0.39, 0.29) is 28.0 Å². The van der Waals surface area contributed by atoms with Crippen molar-refractivity contribution in [3.05, 3.63) is 35.4 Å². The molecule has 1 unspecified atom stereocenters. The zero-order chi connectivity index (χ0) is 16.5. The zero-order valence-electron chi connectivity index (χ0n) is 11.2. The fourth-order valence-corrected chi connectivity index (χ4v) is 2.29. The predicted octanol–water partition coefficient (Wildman–Crippen LogP) is 2.63. The van der Waals surface area contributed by atoms with E-state index in [1.54, 1.807) is 0 Å². The van der Waals surface area contributed by atoms with Gasteiger partial charge in [-0.3, -0.25) is 9.59 Å². The Hall–Kier alpha value is -2.03. The van der Waals surface area contributed by atoms with Gasteiger partial charge in [0, 0.05) is 5.75 Å². The van der Waals surface area contributed by atoms with Crippen LogP contribution in [-0.2, 0) is 9.63 Å². The average molecular weight is 333 g/mol. The van der Waals surface area contributed by atoms with Crippen LogP contribution in [-0.4, -0.2) is 34.1 Å². The number of hydrogen-bond acceptors (Lipinski definition) is 5. The molecule has 1 aromatic carbocycles. The number of fused-ring (bicyclic) bond motifs is 1. The van der Waals surface area contributed by atoms with Crippen LogP contribution in [0.5, 0.6) is 0 Å². The van der Waals surface area contributed by atoms with E-state index in [4.69, 9.17) is 0 Å². The Balaban J connectivity index is 2.01. The van der Waals surface area contributed by atoms with Crippen LogP contribution < -0.4 is 0 Å². The molecule has 0 saturated heterocycles. The molecule has 0 saturated carbocycles. The topological polar surface area (TPSA) is 63.7 Å². The number of benzene rings is 1. The summed E-state index contributed by atoms with van der Waals surface area (Å²) in [6.45, 7) is 1.22. The molecule has 0 aromatic heterocycles. The Morgan fingerprint density at radius 1 is 1.23 bits per heavy atom. The van der Waals surface area contributed by atoms with Crippen LogP contribution >= 0.6 is 11.8 Å². The second-order valence-corrected chi connectivity index (χ2v) is 5.60. The first kappa shape index (κ1) is 16.3. The van der Waals surface area contributed by atoms with Crippen LogP contribution in [0.1, 0.15) is 27.6 Å². The van der Waals surface area contributed by atoms with Crippen LogP contribution in [0.15, 0.2) is 24.3 Å². The van der Waals surface area contributed by atoms with Gasteiger partial charge in [0.05, 0.1) is 17.0 Å². The van der Waals surface area contributed by atoms with Gasteiger partial charge in [0.1, 0.15) is 0 Å². The Morgan fingerprint density at radius 2 is 1.73 bits per heavy atom. The van der Waals surface area contributed by atoms with Crippen molar-refractivity contribution in [2.24, 2.45) is 5.92 Å². The Bertz CT molecular complexity index is 597. The van der Waals surface area contributed by atoms with Gasteiger partial charge in [0.15, 0.2) is 0 Å². The lowest BCUT2D eigenvalue weighted by Gasteiger charge is -2.16. The van der Waals surface area contributed by atoms with Crippen LogP contribution in [0, 0.1) is 5.92 Å². The summed E-state index contributed by atoms with van der Waals surface area (Å²) >= 11 is -0.372. The lowest BCUT2D eigenvalue weighted by atomic mass is 10.1. The highest BCUT2D eigenvalue weighted by molar-refractivity contribution is 8.00. The summed E-state index contributed by atoms with van der Waals surface area (Å²) in [5, 5.41) is 0.280. The van der Waals surface area contributed by atoms with Gasteiger partial charge in [-0.05, 0) is 12.1 Å². The first-order chi connectivity index (χ1) is 10.2. The van der Waals surface area contributed by atoms with Crippen molar-refractivity contribution in [1.29, 1.82) is 0 Å². The van der Waals surface area contributed by atoms with Crippen LogP contribution in [0.2, 0.25) is 0 Å². The van der Waals surface area contributed by atoms with Crippen LogP contribution in [0.4, 0.5) is 13.2 Å². The molecule has 0 radical (unpaired) electrons. The SMILES string of the molecule is CC(CSC(F)(F)F)C(=O)ON1C(=O)c2ccccc2C1=O. The molecule has 0 fully saturated rings. The van der Waals surface area contributed by atoms with Gasteiger partial charge in [0.2, 0.25) is 0 Å². The number of rotatable bonds is 4. The van der Waals surface area contributed by atoms with Crippen molar-refractivity contribution < 1.29 is 32.4 Å². The second-order valence-electron chi connectivity index (χ2n) is 4.52. The second kappa shape index (κ2) is 5.99. The van der Waals surface area contributed by atoms with Gasteiger partial charge in [-0.25, -0.2) is 4.79 Å². The highest BCUT2D eigenvalue weighted by Crippen LogP contribution is 2.32. The van der Waals surface area contributed by atoms with Crippen molar-refractivity contribution >= 4 is 29.5 Å². The molecule has 2 amide bonds. The Kier molecular flexibility index (Phi) is 4.45. The molecule has 22 heavy (non-hydrogen) atoms. The predicted molar refractivity (Wildman–Crippen MR) is 70.7 cm³/mol. The Morgan fingerprint density at radius 3 is 2.18 bits per heavy atom. The van der Waals surface area contributed by atoms with Gasteiger partial charge in [0.25, 0.3) is 11.8 Å². The number of thioether (sulfide) groups is 1. The largest absolute Gasteiger partial charge is 0.441 e. The van der Waals surface area contributed by atoms with Gasteiger partial charge in [-0.15, -0.1) is 0 Å². The fraction of sp³-hybridized carbons (Fsp3) is 0.308. The van der Waals surface area contributed by atoms with E-state index in [0.717, 1.165) is 0 Å². The third-order valence-electron chi connectivity index (χ3n) is 2.84. The number of halogens is 3. The summed E-state index contributed by atoms with van der Waals surface area (Å²) in [5.41, 5.74) is -4.31. The Labute approximate surface area is 127 Å². The molecule has 9 heteroatoms. The van der Waals surface area contributed by atoms with Crippen LogP contribution in [0.3, 0.4) is 0 Å². The molecule has 118 valence electrons. The molecule has 1 aliphatic heterocycles. The minimum absolute atomic E-state index is 0.0811. The van der Waals surface area contributed by atoms with Gasteiger partial charge < -0.3 is 4.84 Å². The maximum absolute atomic E-state index is 12.1. The monoisotopic (exact) mass is 333 g/mol. The lowest BCUT2D eigenvalue weighted by Crippen LogP contribution is -2.35. The molecule has 1 aromatic rings. The number of amides is 2. The number of carbonyl (C=O) groups excluding carboxylic acids is 3. The van der Waals surface area contributed by atoms with Crippen molar-refractivity contribution in [2.75, 3.05) is 5.75 Å². The number of carbonyl (C=O) groups is 3. The third kappa shape index (κ3) is 3.41. The quantitative estimate of drug-likeness (QED) is 0.793. The van der Waals surface area contributed by atoms with Gasteiger partial charge in [-0.1, -0.05) is 35.9 Å². The number of imide groups is 1. The van der Waals surface area contributed by atoms with Crippen molar-refractivity contribution in [3.63, 3.8) is 0 Å². The third-order valence-corrected chi connectivity index (χ3v) is 3.83. The van der Waals surface area contributed by atoms with Gasteiger partial charge in [-0.2, -0.15) is 13.2 Å². The number of hydroxylamine groups is 2. The maximum atomic E-state index is 12.1. The zero-order valence-corrected chi connectivity index (χ0v) is 12.0. The first-order valence-electron chi connectivity index (χ1n) is 6.11. The molecule has 1 heterocycles. The fourth-order valence-electron chi connectivity index (χ4n) is 1.72. The highest BCUT2D eigenvalue weighted by atomic mass is 32.2. The molecule has 2 rings (SSSR count). The van der Waals surface area contributed by atoms with E-state index in [0.29, 0.717) is 0 Å². The van der Waals surface area contributed by atoms with E-state index >= 15 is 0 Å². The first-order valence-corrected chi connectivity index (χ1v) is 7.09. The summed E-state index contributed by atoms with van der Waals surface area (Å²) in [6, 6.07) is 5.87. The molecule has 0 N–H and O–H groups in total. The van der Waals surface area contributed by atoms with Gasteiger partial charge >= 0.3 is 11.5 Å². The minimum Gasteiger partial charge on any atom is -0.329 e. The summed E-state index contributed by atoms with van der Waals surface area (Å²) in [6.07, 6.45) is 0. The number of hydrogen-bond donors (Lipinski definition) is 0. The minimum atomic E-state index is -4.47. The van der Waals surface area contributed by atoms with Crippen LogP contribution in [0.25, 0.3) is 0 Å². The normalized spacial score (nSPS) is 15.7. The van der Waals surface area contributed by atoms with E-state index in [9.17, 15) is 27.6 Å². The molecule has 5 nitrogen and oxygen atoms in total. The van der Waals surface area contributed by atoms with Crippen molar-refractivity contribution in [2.45, 2.75) is 12.4 Å². The molecule has 0 spiro atoms. The van der Waals surface area contributed by atoms with Crippen molar-refractivity contribution in [3.8, 4) is 0 Å². The average Bonchev–Trinajstić information content (AvgIpc) is 2.69. The standard InChI is InChI=1S/C13H10F3NO4S/c1-7(6-22-13(14,15)16)12(20)21-17-10(18)8-4-2-3-5-9(8)11(17)19/h2-5,7H,6H2,1H3. The maximum Gasteiger partial charge on any atom is 0.441 e. The molecular weight excluding hydrogens is 323 g/mol.